The third-order valence-corrected chi connectivity index (χ3v) is 1.14. The van der Waals surface area contributed by atoms with Crippen molar-refractivity contribution in [1.29, 1.82) is 0 Å². The fourth-order valence-electron chi connectivity index (χ4n) is 0.586. The van der Waals surface area contributed by atoms with Crippen LogP contribution in [0.2, 0.25) is 0 Å². The molecule has 0 saturated heterocycles. The van der Waals surface area contributed by atoms with Gasteiger partial charge in [0.2, 0.25) is 0 Å². The Morgan fingerprint density at radius 3 is 1.00 bits per heavy atom. The van der Waals surface area contributed by atoms with E-state index in [9.17, 15) is 13.2 Å². The summed E-state index contributed by atoms with van der Waals surface area (Å²) < 4.78 is 34.4. The average molecular weight is 132 g/mol. The van der Waals surface area contributed by atoms with Crippen molar-refractivity contribution in [3.8, 4) is 0 Å². The predicted octanol–water partition coefficient (Wildman–Crippen LogP) is 2.56. The largest absolute Gasteiger partial charge is 0.215 e. The molecule has 0 nitrogen and oxygen atoms in total. The van der Waals surface area contributed by atoms with Crippen LogP contribution in [0.3, 0.4) is 0 Å². The monoisotopic (exact) mass is 132 g/mol. The number of hydrogen-bond donors (Lipinski definition) is 0. The molecule has 0 bridgehead atoms. The zero-order valence-corrected chi connectivity index (χ0v) is 4.37. The van der Waals surface area contributed by atoms with E-state index >= 15 is 0 Å². The Hall–Kier alpha value is -0.990. The minimum Gasteiger partial charge on any atom is -0.215 e. The summed E-state index contributed by atoms with van der Waals surface area (Å²) in [6.07, 6.45) is 0.532. The fraction of sp³-hybridized carbons (Fsp3) is 0. The van der Waals surface area contributed by atoms with Gasteiger partial charge in [-0.25, -0.2) is 13.2 Å². The second kappa shape index (κ2) is 2.09. The maximum Gasteiger partial charge on any atom is 0.0953 e. The molecule has 0 aromatic rings. The zero-order chi connectivity index (χ0) is 6.85. The summed E-state index contributed by atoms with van der Waals surface area (Å²) in [6, 6.07) is 0. The van der Waals surface area contributed by atoms with E-state index in [2.05, 4.69) is 0 Å². The number of allylic oxidation sites excluding steroid dienone is 3. The molecule has 1 saturated carbocycles. The van der Waals surface area contributed by atoms with Crippen LogP contribution < -0.4 is 0 Å². The first-order chi connectivity index (χ1) is 4.35. The van der Waals surface area contributed by atoms with Crippen LogP contribution in [-0.2, 0) is 0 Å². The van der Waals surface area contributed by atoms with E-state index in [0.29, 0.717) is 0 Å². The highest BCUT2D eigenvalue weighted by molar-refractivity contribution is 5.76. The Morgan fingerprint density at radius 2 is 0.889 bits per heavy atom. The van der Waals surface area contributed by atoms with Crippen LogP contribution >= 0.6 is 0 Å². The quantitative estimate of drug-likeness (QED) is 0.475. The highest BCUT2D eigenvalue weighted by Crippen LogP contribution is 2.44. The van der Waals surface area contributed by atoms with Crippen LogP contribution in [0.1, 0.15) is 0 Å². The Labute approximate surface area is 50.0 Å². The van der Waals surface area contributed by atoms with Crippen LogP contribution in [0.25, 0.3) is 0 Å². The molecule has 0 atom stereocenters. The lowest BCUT2D eigenvalue weighted by Crippen LogP contribution is -1.36. The standard InChI is InChI=1S/C6H3F3/c7-1-4-5(2-8)6(4)3-9/h1-3H. The SMILES string of the molecule is FC=C1C(=CF)C1=CF. The van der Waals surface area contributed by atoms with Crippen molar-refractivity contribution in [3.63, 3.8) is 0 Å². The topological polar surface area (TPSA) is 0 Å². The summed E-state index contributed by atoms with van der Waals surface area (Å²) in [4.78, 5) is 0. The predicted molar refractivity (Wildman–Crippen MR) is 27.6 cm³/mol. The smallest absolute Gasteiger partial charge is 0.0953 e. The molecule has 0 spiro atoms. The molecule has 0 heterocycles. The van der Waals surface area contributed by atoms with Gasteiger partial charge in [-0.2, -0.15) is 0 Å². The van der Waals surface area contributed by atoms with Crippen molar-refractivity contribution in [2.45, 2.75) is 0 Å². The van der Waals surface area contributed by atoms with E-state index in [4.69, 9.17) is 0 Å². The van der Waals surface area contributed by atoms with Crippen molar-refractivity contribution < 1.29 is 13.2 Å². The van der Waals surface area contributed by atoms with Gasteiger partial charge in [-0.1, -0.05) is 0 Å². The molecule has 1 rings (SSSR count). The third-order valence-electron chi connectivity index (χ3n) is 1.14. The average Bonchev–Trinajstić information content (AvgIpc) is 2.59. The van der Waals surface area contributed by atoms with Gasteiger partial charge in [0.25, 0.3) is 0 Å². The molecule has 0 unspecified atom stereocenters. The molecule has 0 aliphatic heterocycles. The van der Waals surface area contributed by atoms with Crippen LogP contribution in [-0.4, -0.2) is 0 Å². The van der Waals surface area contributed by atoms with Gasteiger partial charge in [0, 0.05) is 16.7 Å². The highest BCUT2D eigenvalue weighted by Gasteiger charge is 2.30. The molecular weight excluding hydrogens is 129 g/mol. The molecule has 3 heteroatoms. The van der Waals surface area contributed by atoms with E-state index in [1.165, 1.54) is 0 Å². The van der Waals surface area contributed by atoms with Crippen molar-refractivity contribution in [2.75, 3.05) is 0 Å². The molecule has 0 N–H and O–H groups in total. The molecule has 0 radical (unpaired) electrons. The number of halogens is 3. The number of rotatable bonds is 0. The normalized spacial score (nSPS) is 15.7. The van der Waals surface area contributed by atoms with E-state index < -0.39 is 0 Å². The molecule has 1 aliphatic carbocycles. The second-order valence-electron chi connectivity index (χ2n) is 1.57. The van der Waals surface area contributed by atoms with Crippen LogP contribution in [0.15, 0.2) is 35.7 Å². The van der Waals surface area contributed by atoms with Crippen molar-refractivity contribution in [1.82, 2.24) is 0 Å². The summed E-state index contributed by atoms with van der Waals surface area (Å²) in [7, 11) is 0. The lowest BCUT2D eigenvalue weighted by molar-refractivity contribution is 0.712. The van der Waals surface area contributed by atoms with Gasteiger partial charge in [-0.05, 0) is 0 Å². The molecule has 48 valence electrons. The third kappa shape index (κ3) is 0.781. The first-order valence-corrected chi connectivity index (χ1v) is 2.27. The van der Waals surface area contributed by atoms with Gasteiger partial charge in [0.15, 0.2) is 0 Å². The molecule has 0 amide bonds. The van der Waals surface area contributed by atoms with Crippen LogP contribution in [0.5, 0.6) is 0 Å². The minimum absolute atomic E-state index is 0.0139. The van der Waals surface area contributed by atoms with Gasteiger partial charge >= 0.3 is 0 Å². The lowest BCUT2D eigenvalue weighted by Gasteiger charge is -1.54. The summed E-state index contributed by atoms with van der Waals surface area (Å²) in [5.41, 5.74) is 0.0417. The molecule has 9 heavy (non-hydrogen) atoms. The number of hydrogen-bond acceptors (Lipinski definition) is 0. The van der Waals surface area contributed by atoms with E-state index in [1.54, 1.807) is 0 Å². The van der Waals surface area contributed by atoms with E-state index in [1.807, 2.05) is 0 Å². The summed E-state index contributed by atoms with van der Waals surface area (Å²) in [6.45, 7) is 0. The van der Waals surface area contributed by atoms with Crippen LogP contribution in [0.4, 0.5) is 13.2 Å². The Kier molecular flexibility index (Phi) is 1.42. The van der Waals surface area contributed by atoms with Gasteiger partial charge in [0.1, 0.15) is 0 Å². The highest BCUT2D eigenvalue weighted by atomic mass is 19.1. The van der Waals surface area contributed by atoms with E-state index in [-0.39, 0.29) is 35.7 Å². The second-order valence-corrected chi connectivity index (χ2v) is 1.57. The van der Waals surface area contributed by atoms with Gasteiger partial charge in [-0.3, -0.25) is 0 Å². The Bertz CT molecular complexity index is 160. The van der Waals surface area contributed by atoms with Crippen LogP contribution in [0, 0.1) is 0 Å². The summed E-state index contributed by atoms with van der Waals surface area (Å²) >= 11 is 0. The van der Waals surface area contributed by atoms with Gasteiger partial charge in [0.05, 0.1) is 19.0 Å². The summed E-state index contributed by atoms with van der Waals surface area (Å²) in [5.74, 6) is 0. The molecule has 0 aromatic carbocycles. The maximum absolute atomic E-state index is 11.5. The lowest BCUT2D eigenvalue weighted by atomic mass is 10.6. The zero-order valence-electron chi connectivity index (χ0n) is 4.37. The summed E-state index contributed by atoms with van der Waals surface area (Å²) in [5, 5.41) is 0. The fourth-order valence-corrected chi connectivity index (χ4v) is 0.586. The van der Waals surface area contributed by atoms with Crippen molar-refractivity contribution in [2.24, 2.45) is 0 Å². The van der Waals surface area contributed by atoms with E-state index in [0.717, 1.165) is 0 Å². The van der Waals surface area contributed by atoms with Gasteiger partial charge in [-0.15, -0.1) is 0 Å². The molecule has 1 fully saturated rings. The maximum atomic E-state index is 11.5. The molecule has 0 aromatic heterocycles. The first kappa shape index (κ1) is 6.13. The van der Waals surface area contributed by atoms with Crippen molar-refractivity contribution >= 4 is 0 Å². The Balaban J connectivity index is 2.91. The molecule has 1 aliphatic rings. The minimum atomic E-state index is 0.0139. The molecular formula is C6H3F3. The van der Waals surface area contributed by atoms with Gasteiger partial charge < -0.3 is 0 Å². The van der Waals surface area contributed by atoms with Crippen molar-refractivity contribution in [3.05, 3.63) is 35.7 Å². The Morgan fingerprint density at radius 1 is 0.667 bits per heavy atom. The first-order valence-electron chi connectivity index (χ1n) is 2.27.